The molecule has 7 heteroatoms. The number of nitro groups is 1. The van der Waals surface area contributed by atoms with E-state index >= 15 is 0 Å². The van der Waals surface area contributed by atoms with Crippen LogP contribution in [0, 0.1) is 10.1 Å². The molecular weight excluding hydrogens is 272 g/mol. The molecule has 0 aromatic heterocycles. The molecule has 0 aliphatic heterocycles. The van der Waals surface area contributed by atoms with Gasteiger partial charge >= 0.3 is 5.97 Å². The number of carboxylic acids is 1. The summed E-state index contributed by atoms with van der Waals surface area (Å²) in [7, 11) is 0. The van der Waals surface area contributed by atoms with Gasteiger partial charge in [0, 0.05) is 17.6 Å². The average Bonchev–Trinajstić information content (AvgIpc) is 2.31. The monoisotopic (exact) mass is 286 g/mol. The first-order valence-electron chi connectivity index (χ1n) is 5.66. The van der Waals surface area contributed by atoms with Gasteiger partial charge in [0.25, 0.3) is 5.69 Å². The summed E-state index contributed by atoms with van der Waals surface area (Å²) in [5.74, 6) is -1.06. The zero-order valence-corrected chi connectivity index (χ0v) is 11.6. The smallest absolute Gasteiger partial charge is 0.328 e. The number of rotatable bonds is 5. The van der Waals surface area contributed by atoms with E-state index in [4.69, 9.17) is 11.6 Å². The van der Waals surface area contributed by atoms with Crippen molar-refractivity contribution in [2.24, 2.45) is 0 Å². The van der Waals surface area contributed by atoms with Crippen molar-refractivity contribution < 1.29 is 14.8 Å². The largest absolute Gasteiger partial charge is 0.480 e. The highest BCUT2D eigenvalue weighted by Gasteiger charge is 2.36. The van der Waals surface area contributed by atoms with Crippen LogP contribution in [0.3, 0.4) is 0 Å². The molecule has 0 amide bonds. The van der Waals surface area contributed by atoms with Crippen molar-refractivity contribution in [1.82, 2.24) is 0 Å². The number of carboxylic acid groups (broad SMARTS) is 1. The third-order valence-corrected chi connectivity index (χ3v) is 3.17. The second kappa shape index (κ2) is 5.44. The summed E-state index contributed by atoms with van der Waals surface area (Å²) in [5, 5.41) is 20.6. The summed E-state index contributed by atoms with van der Waals surface area (Å²) >= 11 is 5.75. The Balaban J connectivity index is 3.42. The van der Waals surface area contributed by atoms with Gasteiger partial charge in [0.2, 0.25) is 0 Å². The lowest BCUT2D eigenvalue weighted by Gasteiger charge is -2.35. The number of aliphatic carboxylic acids is 1. The van der Waals surface area contributed by atoms with E-state index in [0.717, 1.165) is 0 Å². The number of nitro benzene ring substituents is 1. The fourth-order valence-corrected chi connectivity index (χ4v) is 2.02. The van der Waals surface area contributed by atoms with Gasteiger partial charge in [-0.25, -0.2) is 4.79 Å². The van der Waals surface area contributed by atoms with Crippen molar-refractivity contribution in [2.75, 3.05) is 11.4 Å². The van der Waals surface area contributed by atoms with Crippen molar-refractivity contribution in [3.05, 3.63) is 33.3 Å². The van der Waals surface area contributed by atoms with Crippen molar-refractivity contribution in [3.63, 3.8) is 0 Å². The predicted octanol–water partition coefficient (Wildman–Crippen LogP) is 2.94. The Morgan fingerprint density at radius 2 is 2.11 bits per heavy atom. The van der Waals surface area contributed by atoms with E-state index < -0.39 is 16.4 Å². The van der Waals surface area contributed by atoms with Crippen LogP contribution in [0.4, 0.5) is 11.4 Å². The molecule has 0 radical (unpaired) electrons. The van der Waals surface area contributed by atoms with Crippen molar-refractivity contribution in [1.29, 1.82) is 0 Å². The minimum Gasteiger partial charge on any atom is -0.480 e. The molecule has 1 rings (SSSR count). The molecule has 0 aliphatic carbocycles. The zero-order chi connectivity index (χ0) is 14.8. The van der Waals surface area contributed by atoms with Crippen molar-refractivity contribution >= 4 is 28.9 Å². The van der Waals surface area contributed by atoms with Gasteiger partial charge in [0.15, 0.2) is 0 Å². The number of carbonyl (C=O) groups is 1. The van der Waals surface area contributed by atoms with Crippen LogP contribution in [0.15, 0.2) is 18.2 Å². The Labute approximate surface area is 115 Å². The summed E-state index contributed by atoms with van der Waals surface area (Å²) < 4.78 is 0. The molecule has 0 heterocycles. The quantitative estimate of drug-likeness (QED) is 0.664. The maximum Gasteiger partial charge on any atom is 0.328 e. The molecule has 0 saturated heterocycles. The SMILES string of the molecule is CCN(c1ccc(Cl)cc1[N+](=O)[O-])C(C)(C)C(=O)O. The molecule has 0 atom stereocenters. The fraction of sp³-hybridized carbons (Fsp3) is 0.417. The molecule has 1 N–H and O–H groups in total. The van der Waals surface area contributed by atoms with Crippen LogP contribution in [-0.2, 0) is 4.79 Å². The van der Waals surface area contributed by atoms with Crippen LogP contribution in [-0.4, -0.2) is 28.1 Å². The van der Waals surface area contributed by atoms with Gasteiger partial charge in [-0.2, -0.15) is 0 Å². The first-order chi connectivity index (χ1) is 8.71. The number of nitrogens with zero attached hydrogens (tertiary/aromatic N) is 2. The van der Waals surface area contributed by atoms with Gasteiger partial charge in [0.1, 0.15) is 11.2 Å². The number of hydrogen-bond acceptors (Lipinski definition) is 4. The molecule has 0 unspecified atom stereocenters. The standard InChI is InChI=1S/C12H15ClN2O4/c1-4-14(12(2,3)11(16)17)9-6-5-8(13)7-10(9)15(18)19/h5-7H,4H2,1-3H3,(H,16,17). The lowest BCUT2D eigenvalue weighted by Crippen LogP contribution is -2.50. The minimum atomic E-state index is -1.26. The van der Waals surface area contributed by atoms with Crippen LogP contribution >= 0.6 is 11.6 Å². The topological polar surface area (TPSA) is 83.7 Å². The first kappa shape index (κ1) is 15.2. The second-order valence-electron chi connectivity index (χ2n) is 4.50. The summed E-state index contributed by atoms with van der Waals surface area (Å²) in [6.45, 7) is 5.05. The van der Waals surface area contributed by atoms with E-state index in [-0.39, 0.29) is 16.4 Å². The lowest BCUT2D eigenvalue weighted by molar-refractivity contribution is -0.384. The Morgan fingerprint density at radius 3 is 2.53 bits per heavy atom. The number of hydrogen-bond donors (Lipinski definition) is 1. The molecule has 1 aromatic rings. The predicted molar refractivity (Wildman–Crippen MR) is 72.8 cm³/mol. The number of benzene rings is 1. The third-order valence-electron chi connectivity index (χ3n) is 2.94. The second-order valence-corrected chi connectivity index (χ2v) is 4.94. The molecular formula is C12H15ClN2O4. The van der Waals surface area contributed by atoms with Gasteiger partial charge in [-0.1, -0.05) is 11.6 Å². The van der Waals surface area contributed by atoms with Crippen LogP contribution in [0.25, 0.3) is 0 Å². The lowest BCUT2D eigenvalue weighted by atomic mass is 10.0. The summed E-state index contributed by atoms with van der Waals surface area (Å²) in [4.78, 5) is 23.3. The van der Waals surface area contributed by atoms with Crippen LogP contribution in [0.1, 0.15) is 20.8 Å². The van der Waals surface area contributed by atoms with Crippen LogP contribution in [0.2, 0.25) is 5.02 Å². The molecule has 0 bridgehead atoms. The molecule has 0 aliphatic rings. The van der Waals surface area contributed by atoms with Gasteiger partial charge in [-0.3, -0.25) is 10.1 Å². The summed E-state index contributed by atoms with van der Waals surface area (Å²) in [6, 6.07) is 4.19. The Morgan fingerprint density at radius 1 is 1.53 bits per heavy atom. The Hall–Kier alpha value is -1.82. The number of halogens is 1. The molecule has 0 fully saturated rings. The highest BCUT2D eigenvalue weighted by atomic mass is 35.5. The summed E-state index contributed by atoms with van der Waals surface area (Å²) in [6.07, 6.45) is 0. The van der Waals surface area contributed by atoms with Gasteiger partial charge in [-0.15, -0.1) is 0 Å². The van der Waals surface area contributed by atoms with E-state index in [2.05, 4.69) is 0 Å². The average molecular weight is 287 g/mol. The van der Waals surface area contributed by atoms with Crippen LogP contribution < -0.4 is 4.90 Å². The highest BCUT2D eigenvalue weighted by Crippen LogP contribution is 2.34. The third kappa shape index (κ3) is 2.96. The van der Waals surface area contributed by atoms with Crippen molar-refractivity contribution in [2.45, 2.75) is 26.3 Å². The normalized spacial score (nSPS) is 11.2. The van der Waals surface area contributed by atoms with Gasteiger partial charge < -0.3 is 10.0 Å². The minimum absolute atomic E-state index is 0.205. The molecule has 6 nitrogen and oxygen atoms in total. The number of likely N-dealkylation sites (N-methyl/N-ethyl adjacent to an activating group) is 1. The highest BCUT2D eigenvalue weighted by molar-refractivity contribution is 6.30. The van der Waals surface area contributed by atoms with E-state index in [1.807, 2.05) is 0 Å². The molecule has 19 heavy (non-hydrogen) atoms. The first-order valence-corrected chi connectivity index (χ1v) is 6.04. The van der Waals surface area contributed by atoms with Gasteiger partial charge in [0.05, 0.1) is 4.92 Å². The zero-order valence-electron chi connectivity index (χ0n) is 10.9. The van der Waals surface area contributed by atoms with E-state index in [1.54, 1.807) is 6.92 Å². The molecule has 0 saturated carbocycles. The summed E-state index contributed by atoms with van der Waals surface area (Å²) in [5.41, 5.74) is -1.22. The van der Waals surface area contributed by atoms with Gasteiger partial charge in [-0.05, 0) is 32.9 Å². The maximum absolute atomic E-state index is 11.3. The Kier molecular flexibility index (Phi) is 4.36. The van der Waals surface area contributed by atoms with E-state index in [0.29, 0.717) is 6.54 Å². The van der Waals surface area contributed by atoms with E-state index in [9.17, 15) is 20.0 Å². The van der Waals surface area contributed by atoms with Crippen LogP contribution in [0.5, 0.6) is 0 Å². The number of anilines is 1. The van der Waals surface area contributed by atoms with Crippen molar-refractivity contribution in [3.8, 4) is 0 Å². The molecule has 1 aromatic carbocycles. The fourth-order valence-electron chi connectivity index (χ4n) is 1.85. The Bertz CT molecular complexity index is 516. The van der Waals surface area contributed by atoms with E-state index in [1.165, 1.54) is 36.9 Å². The maximum atomic E-state index is 11.3. The molecule has 104 valence electrons. The molecule has 0 spiro atoms.